The molecule has 116 valence electrons. The molecule has 4 aliphatic carbocycles. The van der Waals surface area contributed by atoms with E-state index in [4.69, 9.17) is 0 Å². The minimum Gasteiger partial charge on any atom is -0.0587 e. The molecule has 0 heterocycles. The van der Waals surface area contributed by atoms with E-state index in [-0.39, 0.29) is 0 Å². The Morgan fingerprint density at radius 2 is 0.955 bits per heavy atom. The summed E-state index contributed by atoms with van der Waals surface area (Å²) in [5, 5.41) is 0. The Labute approximate surface area is 150 Å². The molecular weight excluding hydrogens is 400 g/mol. The van der Waals surface area contributed by atoms with Crippen molar-refractivity contribution in [2.24, 2.45) is 0 Å². The van der Waals surface area contributed by atoms with Gasteiger partial charge in [-0.15, -0.1) is 0 Å². The minimum absolute atomic E-state index is 1.17. The van der Waals surface area contributed by atoms with E-state index in [1.54, 1.807) is 0 Å². The number of rotatable bonds is 0. The molecule has 6 rings (SSSR count). The third-order valence-electron chi connectivity index (χ3n) is 4.56. The highest BCUT2D eigenvalue weighted by Gasteiger charge is 2.06. The summed E-state index contributed by atoms with van der Waals surface area (Å²) >= 11 is 7.51. The molecule has 0 spiro atoms. The van der Waals surface area contributed by atoms with Gasteiger partial charge in [-0.1, -0.05) is 56.1 Å². The average molecular weight is 422 g/mol. The minimum atomic E-state index is 1.17. The predicted molar refractivity (Wildman–Crippen MR) is 102 cm³/mol. The fraction of sp³-hybridized carbons (Fsp3) is 0.400. The second kappa shape index (κ2) is 7.79. The summed E-state index contributed by atoms with van der Waals surface area (Å²) in [5.74, 6) is 0. The number of benzene rings is 2. The van der Waals surface area contributed by atoms with E-state index >= 15 is 0 Å². The lowest BCUT2D eigenvalue weighted by atomic mass is 9.98. The fourth-order valence-electron chi connectivity index (χ4n) is 3.19. The monoisotopic (exact) mass is 420 g/mol. The van der Waals surface area contributed by atoms with Gasteiger partial charge in [-0.3, -0.25) is 0 Å². The number of halogens is 2. The summed E-state index contributed by atoms with van der Waals surface area (Å²) in [6, 6.07) is 13.9. The van der Waals surface area contributed by atoms with E-state index in [0.29, 0.717) is 0 Å². The molecule has 22 heavy (non-hydrogen) atoms. The van der Waals surface area contributed by atoms with Gasteiger partial charge in [-0.05, 0) is 85.8 Å². The smallest absolute Gasteiger partial charge is 0.0210 e. The first-order valence-electron chi connectivity index (χ1n) is 8.27. The molecule has 0 fully saturated rings. The maximum Gasteiger partial charge on any atom is 0.0210 e. The third kappa shape index (κ3) is 4.23. The van der Waals surface area contributed by atoms with Crippen LogP contribution < -0.4 is 0 Å². The standard InChI is InChI=1S/C20H22Br2/c21-19-13-15-5-1-3-7-17-12-10-16(14-20(17)22)6-2-4-8-18(19)11-9-15/h9-14H,1-8H2. The maximum atomic E-state index is 3.75. The molecular formula is C20H22Br2. The van der Waals surface area contributed by atoms with Crippen molar-refractivity contribution in [3.63, 3.8) is 0 Å². The molecule has 0 unspecified atom stereocenters. The lowest BCUT2D eigenvalue weighted by Crippen LogP contribution is -1.96. The van der Waals surface area contributed by atoms with E-state index < -0.39 is 0 Å². The average Bonchev–Trinajstić information content (AvgIpc) is 2.50. The van der Waals surface area contributed by atoms with Crippen LogP contribution in [0.1, 0.15) is 47.9 Å². The molecule has 2 heteroatoms. The molecule has 0 aromatic heterocycles. The van der Waals surface area contributed by atoms with Crippen LogP contribution in [0.2, 0.25) is 0 Å². The third-order valence-corrected chi connectivity index (χ3v) is 6.03. The van der Waals surface area contributed by atoms with Crippen molar-refractivity contribution >= 4 is 31.9 Å². The van der Waals surface area contributed by atoms with Crippen molar-refractivity contribution in [3.8, 4) is 0 Å². The Balaban J connectivity index is 1.78. The van der Waals surface area contributed by atoms with E-state index in [2.05, 4.69) is 68.3 Å². The Morgan fingerprint density at radius 1 is 0.545 bits per heavy atom. The maximum absolute atomic E-state index is 3.75. The van der Waals surface area contributed by atoms with Crippen molar-refractivity contribution in [1.29, 1.82) is 0 Å². The van der Waals surface area contributed by atoms with Crippen LogP contribution in [0, 0.1) is 0 Å². The van der Waals surface area contributed by atoms with Gasteiger partial charge in [0.25, 0.3) is 0 Å². The predicted octanol–water partition coefficient (Wildman–Crippen LogP) is 6.66. The van der Waals surface area contributed by atoms with Crippen molar-refractivity contribution in [1.82, 2.24) is 0 Å². The van der Waals surface area contributed by atoms with Crippen LogP contribution in [0.3, 0.4) is 0 Å². The summed E-state index contributed by atoms with van der Waals surface area (Å²) < 4.78 is 2.59. The normalized spacial score (nSPS) is 16.1. The Hall–Kier alpha value is -0.600. The van der Waals surface area contributed by atoms with Gasteiger partial charge in [0, 0.05) is 8.95 Å². The topological polar surface area (TPSA) is 0 Å². The zero-order chi connectivity index (χ0) is 15.4. The zero-order valence-electron chi connectivity index (χ0n) is 12.9. The van der Waals surface area contributed by atoms with Crippen LogP contribution in [0.25, 0.3) is 0 Å². The van der Waals surface area contributed by atoms with Gasteiger partial charge in [0.05, 0.1) is 0 Å². The molecule has 0 saturated heterocycles. The van der Waals surface area contributed by atoms with Gasteiger partial charge in [0.1, 0.15) is 0 Å². The van der Waals surface area contributed by atoms with Gasteiger partial charge in [0.15, 0.2) is 0 Å². The van der Waals surface area contributed by atoms with Crippen molar-refractivity contribution in [2.75, 3.05) is 0 Å². The van der Waals surface area contributed by atoms with Crippen LogP contribution >= 0.6 is 31.9 Å². The molecule has 0 N–H and O–H groups in total. The molecule has 0 radical (unpaired) electrons. The van der Waals surface area contributed by atoms with Gasteiger partial charge in [-0.2, -0.15) is 0 Å². The highest BCUT2D eigenvalue weighted by atomic mass is 79.9. The second-order valence-electron chi connectivity index (χ2n) is 6.27. The number of hydrogen-bond acceptors (Lipinski definition) is 0. The summed E-state index contributed by atoms with van der Waals surface area (Å²) in [6.45, 7) is 0. The van der Waals surface area contributed by atoms with Gasteiger partial charge in [-0.25, -0.2) is 0 Å². The summed E-state index contributed by atoms with van der Waals surface area (Å²) in [6.07, 6.45) is 9.68. The zero-order valence-corrected chi connectivity index (χ0v) is 16.0. The van der Waals surface area contributed by atoms with Gasteiger partial charge >= 0.3 is 0 Å². The molecule has 0 atom stereocenters. The molecule has 4 aliphatic rings. The Bertz CT molecular complexity index is 589. The highest BCUT2D eigenvalue weighted by molar-refractivity contribution is 9.10. The molecule has 0 saturated carbocycles. The van der Waals surface area contributed by atoms with Crippen LogP contribution in [-0.4, -0.2) is 0 Å². The Morgan fingerprint density at radius 3 is 1.36 bits per heavy atom. The molecule has 2 aromatic rings. The molecule has 0 nitrogen and oxygen atoms in total. The summed E-state index contributed by atoms with van der Waals surface area (Å²) in [7, 11) is 0. The lowest BCUT2D eigenvalue weighted by Gasteiger charge is -2.11. The van der Waals surface area contributed by atoms with Crippen LogP contribution in [0.5, 0.6) is 0 Å². The fourth-order valence-corrected chi connectivity index (χ4v) is 4.44. The summed E-state index contributed by atoms with van der Waals surface area (Å²) in [5.41, 5.74) is 5.81. The van der Waals surface area contributed by atoms with Crippen molar-refractivity contribution in [2.45, 2.75) is 51.4 Å². The van der Waals surface area contributed by atoms with Crippen LogP contribution in [0.4, 0.5) is 0 Å². The molecule has 0 aliphatic heterocycles. The van der Waals surface area contributed by atoms with Gasteiger partial charge < -0.3 is 0 Å². The Kier molecular flexibility index (Phi) is 5.76. The first-order valence-corrected chi connectivity index (χ1v) is 9.85. The molecule has 0 amide bonds. The number of aryl methyl sites for hydroxylation is 4. The highest BCUT2D eigenvalue weighted by Crippen LogP contribution is 2.25. The van der Waals surface area contributed by atoms with E-state index in [9.17, 15) is 0 Å². The van der Waals surface area contributed by atoms with Crippen LogP contribution in [-0.2, 0) is 25.7 Å². The first-order chi connectivity index (χ1) is 10.7. The second-order valence-corrected chi connectivity index (χ2v) is 7.97. The number of hydrogen-bond donors (Lipinski definition) is 0. The van der Waals surface area contributed by atoms with Crippen LogP contribution in [0.15, 0.2) is 45.3 Å². The van der Waals surface area contributed by atoms with E-state index in [0.717, 1.165) is 0 Å². The van der Waals surface area contributed by atoms with Crippen molar-refractivity contribution in [3.05, 3.63) is 67.6 Å². The SMILES string of the molecule is Brc1cc2ccc1CCCCc1ccc(c(Br)c1)CCCC2. The van der Waals surface area contributed by atoms with E-state index in [1.807, 2.05) is 0 Å². The lowest BCUT2D eigenvalue weighted by molar-refractivity contribution is 0.720. The van der Waals surface area contributed by atoms with Crippen molar-refractivity contribution < 1.29 is 0 Å². The van der Waals surface area contributed by atoms with Gasteiger partial charge in [0.2, 0.25) is 0 Å². The largest absolute Gasteiger partial charge is 0.0587 e. The quantitative estimate of drug-likeness (QED) is 0.446. The molecule has 2 aromatic carbocycles. The van der Waals surface area contributed by atoms with E-state index in [1.165, 1.54) is 82.6 Å². The molecule has 4 bridgehead atoms. The first kappa shape index (κ1) is 16.3. The summed E-state index contributed by atoms with van der Waals surface area (Å²) in [4.78, 5) is 0.